The Kier molecular flexibility index (Phi) is 5.14. The number of aromatic nitrogens is 2. The molecule has 0 spiro atoms. The number of hydrogen-bond donors (Lipinski definition) is 1. The summed E-state index contributed by atoms with van der Waals surface area (Å²) in [4.78, 5) is 40.7. The molecule has 0 aliphatic rings. The van der Waals surface area contributed by atoms with Gasteiger partial charge in [-0.05, 0) is 13.0 Å². The molecule has 1 atom stereocenters. The first kappa shape index (κ1) is 18.9. The number of Topliss-reactive ketones (excluding diaryl/α,β-unsaturated/α-hetero) is 1. The molecule has 4 aromatic rings. The van der Waals surface area contributed by atoms with Gasteiger partial charge in [0.15, 0.2) is 6.10 Å². The highest BCUT2D eigenvalue weighted by molar-refractivity contribution is 7.07. The fraction of sp³-hybridized carbons (Fsp3) is 0.136. The van der Waals surface area contributed by atoms with Crippen LogP contribution in [0.3, 0.4) is 0 Å². The number of fused-ring (bicyclic) bond motifs is 1. The van der Waals surface area contributed by atoms with Crippen molar-refractivity contribution in [2.24, 2.45) is 0 Å². The molecule has 2 aromatic carbocycles. The van der Waals surface area contributed by atoms with Crippen molar-refractivity contribution in [2.75, 3.05) is 0 Å². The van der Waals surface area contributed by atoms with Crippen LogP contribution in [-0.4, -0.2) is 21.3 Å². The summed E-state index contributed by atoms with van der Waals surface area (Å²) >= 11 is 1.02. The van der Waals surface area contributed by atoms with E-state index in [1.54, 1.807) is 42.8 Å². The minimum Gasteiger partial charge on any atom is -0.448 e. The fourth-order valence-corrected chi connectivity index (χ4v) is 3.95. The fourth-order valence-electron chi connectivity index (χ4n) is 3.21. The summed E-state index contributed by atoms with van der Waals surface area (Å²) in [6.45, 7) is 1.51. The Balaban J connectivity index is 1.66. The zero-order chi connectivity index (χ0) is 20.4. The van der Waals surface area contributed by atoms with E-state index in [9.17, 15) is 14.4 Å². The highest BCUT2D eigenvalue weighted by Gasteiger charge is 2.28. The average Bonchev–Trinajstić information content (AvgIpc) is 3.31. The van der Waals surface area contributed by atoms with Crippen molar-refractivity contribution in [3.63, 3.8) is 0 Å². The van der Waals surface area contributed by atoms with Gasteiger partial charge in [-0.1, -0.05) is 59.9 Å². The lowest BCUT2D eigenvalue weighted by molar-refractivity contribution is -0.148. The van der Waals surface area contributed by atoms with Crippen molar-refractivity contribution < 1.29 is 14.3 Å². The summed E-state index contributed by atoms with van der Waals surface area (Å²) < 4.78 is 6.94. The molecule has 0 aliphatic heterocycles. The van der Waals surface area contributed by atoms with Crippen molar-refractivity contribution in [3.05, 3.63) is 92.7 Å². The molecule has 29 heavy (non-hydrogen) atoms. The van der Waals surface area contributed by atoms with Crippen molar-refractivity contribution in [2.45, 2.75) is 19.6 Å². The van der Waals surface area contributed by atoms with Crippen LogP contribution in [0.5, 0.6) is 0 Å². The number of esters is 1. The van der Waals surface area contributed by atoms with Crippen LogP contribution in [0.1, 0.15) is 27.7 Å². The van der Waals surface area contributed by atoms with Gasteiger partial charge in [0, 0.05) is 39.3 Å². The van der Waals surface area contributed by atoms with E-state index in [2.05, 4.69) is 4.98 Å². The van der Waals surface area contributed by atoms with Crippen LogP contribution < -0.4 is 4.87 Å². The molecule has 1 N–H and O–H groups in total. The lowest BCUT2D eigenvalue weighted by Gasteiger charge is -2.17. The summed E-state index contributed by atoms with van der Waals surface area (Å²) in [6.07, 6.45) is 0.530. The van der Waals surface area contributed by atoms with Crippen molar-refractivity contribution >= 4 is 34.0 Å². The van der Waals surface area contributed by atoms with Crippen LogP contribution in [-0.2, 0) is 16.1 Å². The third kappa shape index (κ3) is 3.77. The standard InChI is InChI=1S/C22H18N2O4S/c1-14-13-29-22(27)24(14)12-19(25)28-21(15-7-3-2-4-8-15)20(26)17-11-23-18-10-6-5-9-16(17)18/h2-11,13,21,23H,12H2,1H3/t21-/m1/s1. The molecule has 0 saturated carbocycles. The number of benzene rings is 2. The monoisotopic (exact) mass is 406 g/mol. The topological polar surface area (TPSA) is 81.2 Å². The first-order valence-corrected chi connectivity index (χ1v) is 9.92. The number of carbonyl (C=O) groups excluding carboxylic acids is 2. The van der Waals surface area contributed by atoms with E-state index in [0.717, 1.165) is 22.2 Å². The van der Waals surface area contributed by atoms with Crippen LogP contribution in [0, 0.1) is 6.92 Å². The molecule has 7 heteroatoms. The second-order valence-electron chi connectivity index (χ2n) is 6.62. The minimum absolute atomic E-state index is 0.237. The number of nitrogens with zero attached hydrogens (tertiary/aromatic N) is 1. The number of rotatable bonds is 6. The van der Waals surface area contributed by atoms with E-state index < -0.39 is 12.1 Å². The van der Waals surface area contributed by atoms with Gasteiger partial charge in [-0.25, -0.2) is 0 Å². The molecule has 0 unspecified atom stereocenters. The average molecular weight is 406 g/mol. The lowest BCUT2D eigenvalue weighted by atomic mass is 9.99. The van der Waals surface area contributed by atoms with Gasteiger partial charge in [0.1, 0.15) is 6.54 Å². The number of aromatic amines is 1. The van der Waals surface area contributed by atoms with Gasteiger partial charge >= 0.3 is 10.8 Å². The maximum atomic E-state index is 13.3. The Morgan fingerprint density at radius 2 is 1.83 bits per heavy atom. The Morgan fingerprint density at radius 3 is 2.55 bits per heavy atom. The Bertz CT molecular complexity index is 1240. The number of aryl methyl sites for hydroxylation is 1. The maximum Gasteiger partial charge on any atom is 0.327 e. The number of H-pyrrole nitrogens is 1. The molecule has 2 aromatic heterocycles. The molecule has 4 rings (SSSR count). The minimum atomic E-state index is -1.10. The van der Waals surface area contributed by atoms with Crippen LogP contribution in [0.4, 0.5) is 0 Å². The second-order valence-corrected chi connectivity index (χ2v) is 7.44. The Labute approximate surface area is 170 Å². The molecular weight excluding hydrogens is 388 g/mol. The zero-order valence-corrected chi connectivity index (χ0v) is 16.4. The third-order valence-corrected chi connectivity index (χ3v) is 5.59. The molecule has 146 valence electrons. The van der Waals surface area contributed by atoms with Gasteiger partial charge in [-0.15, -0.1) is 0 Å². The second kappa shape index (κ2) is 7.89. The van der Waals surface area contributed by atoms with Crippen LogP contribution in [0.25, 0.3) is 10.9 Å². The van der Waals surface area contributed by atoms with Crippen molar-refractivity contribution in [1.82, 2.24) is 9.55 Å². The number of para-hydroxylation sites is 1. The largest absolute Gasteiger partial charge is 0.448 e. The van der Waals surface area contributed by atoms with Gasteiger partial charge in [-0.2, -0.15) is 0 Å². The van der Waals surface area contributed by atoms with E-state index >= 15 is 0 Å². The molecule has 0 bridgehead atoms. The lowest BCUT2D eigenvalue weighted by Crippen LogP contribution is -2.26. The predicted octanol–water partition coefficient (Wildman–Crippen LogP) is 3.87. The van der Waals surface area contributed by atoms with Crippen LogP contribution in [0.15, 0.2) is 71.0 Å². The zero-order valence-electron chi connectivity index (χ0n) is 15.6. The Morgan fingerprint density at radius 1 is 1.10 bits per heavy atom. The number of hydrogen-bond acceptors (Lipinski definition) is 5. The van der Waals surface area contributed by atoms with E-state index in [0.29, 0.717) is 16.8 Å². The van der Waals surface area contributed by atoms with E-state index in [4.69, 9.17) is 4.74 Å². The first-order chi connectivity index (χ1) is 14.0. The molecule has 0 amide bonds. The number of nitrogens with one attached hydrogen (secondary N) is 1. The predicted molar refractivity (Wildman–Crippen MR) is 111 cm³/mol. The van der Waals surface area contributed by atoms with Gasteiger partial charge in [0.2, 0.25) is 5.78 Å². The van der Waals surface area contributed by atoms with Gasteiger partial charge in [0.25, 0.3) is 0 Å². The summed E-state index contributed by atoms with van der Waals surface area (Å²) in [5.74, 6) is -0.966. The smallest absolute Gasteiger partial charge is 0.327 e. The summed E-state index contributed by atoms with van der Waals surface area (Å²) in [6, 6.07) is 16.3. The quantitative estimate of drug-likeness (QED) is 0.389. The van der Waals surface area contributed by atoms with Crippen molar-refractivity contribution in [3.8, 4) is 0 Å². The van der Waals surface area contributed by atoms with Crippen LogP contribution >= 0.6 is 11.3 Å². The molecule has 0 aliphatic carbocycles. The first-order valence-electron chi connectivity index (χ1n) is 9.04. The highest BCUT2D eigenvalue weighted by atomic mass is 32.1. The molecular formula is C22H18N2O4S. The SMILES string of the molecule is Cc1csc(=O)n1CC(=O)O[C@@H](C(=O)c1c[nH]c2ccccc12)c1ccccc1. The summed E-state index contributed by atoms with van der Waals surface area (Å²) in [5.41, 5.74) is 2.53. The van der Waals surface area contributed by atoms with E-state index in [1.807, 2.05) is 30.3 Å². The molecule has 0 fully saturated rings. The molecule has 2 heterocycles. The molecule has 0 saturated heterocycles. The van der Waals surface area contributed by atoms with Crippen LogP contribution in [0.2, 0.25) is 0 Å². The normalized spacial score (nSPS) is 12.0. The Hall–Kier alpha value is -3.45. The van der Waals surface area contributed by atoms with Gasteiger partial charge in [-0.3, -0.25) is 19.0 Å². The van der Waals surface area contributed by atoms with Gasteiger partial charge in [0.05, 0.1) is 0 Å². The van der Waals surface area contributed by atoms with Gasteiger partial charge < -0.3 is 9.72 Å². The van der Waals surface area contributed by atoms with Crippen molar-refractivity contribution in [1.29, 1.82) is 0 Å². The summed E-state index contributed by atoms with van der Waals surface area (Å²) in [5, 5.41) is 2.45. The van der Waals surface area contributed by atoms with E-state index in [1.165, 1.54) is 4.57 Å². The third-order valence-electron chi connectivity index (χ3n) is 4.71. The van der Waals surface area contributed by atoms with E-state index in [-0.39, 0.29) is 17.2 Å². The number of ketones is 1. The summed E-state index contributed by atoms with van der Waals surface area (Å²) in [7, 11) is 0. The number of thiazole rings is 1. The molecule has 0 radical (unpaired) electrons. The maximum absolute atomic E-state index is 13.3. The highest BCUT2D eigenvalue weighted by Crippen LogP contribution is 2.27. The molecule has 6 nitrogen and oxygen atoms in total. The number of carbonyl (C=O) groups is 2. The number of ether oxygens (including phenoxy) is 1.